The van der Waals surface area contributed by atoms with Gasteiger partial charge in [0.15, 0.2) is 17.6 Å². The van der Waals surface area contributed by atoms with E-state index in [-0.39, 0.29) is 17.9 Å². The third kappa shape index (κ3) is 4.84. The van der Waals surface area contributed by atoms with E-state index < -0.39 is 22.1 Å². The number of benzene rings is 1. The largest absolute Gasteiger partial charge is 0.490 e. The zero-order valence-electron chi connectivity index (χ0n) is 13.1. The Morgan fingerprint density at radius 3 is 2.79 bits per heavy atom. The molecule has 0 amide bonds. The summed E-state index contributed by atoms with van der Waals surface area (Å²) in [5.41, 5.74) is 0. The van der Waals surface area contributed by atoms with Crippen molar-refractivity contribution in [1.29, 1.82) is 5.26 Å². The third-order valence-corrected chi connectivity index (χ3v) is 4.60. The smallest absolute Gasteiger partial charge is 0.308 e. The van der Waals surface area contributed by atoms with Gasteiger partial charge in [-0.05, 0) is 19.1 Å². The highest BCUT2D eigenvalue weighted by atomic mass is 32.2. The van der Waals surface area contributed by atoms with Crippen molar-refractivity contribution in [2.75, 3.05) is 19.8 Å². The molecule has 2 rings (SSSR count). The Hall–Kier alpha value is -2.31. The highest BCUT2D eigenvalue weighted by molar-refractivity contribution is 7.89. The average molecular weight is 354 g/mol. The van der Waals surface area contributed by atoms with Crippen molar-refractivity contribution in [3.8, 4) is 17.6 Å². The number of nitrogens with zero attached hydrogens (tertiary/aromatic N) is 1. The summed E-state index contributed by atoms with van der Waals surface area (Å²) in [5.74, 6) is 0.226. The molecule has 0 saturated heterocycles. The molecule has 1 aromatic carbocycles. The molecule has 1 N–H and O–H groups in total. The maximum atomic E-state index is 12.3. The average Bonchev–Trinajstić information content (AvgIpc) is 2.79. The molecule has 0 radical (unpaired) electrons. The number of carbonyl (C=O) groups excluding carboxylic acids is 1. The molecule has 0 unspecified atom stereocenters. The van der Waals surface area contributed by atoms with Gasteiger partial charge in [0.05, 0.1) is 24.5 Å². The SMILES string of the molecule is C[C@H](C#N)OC(=O)CCNS(=O)(=O)c1ccc2c(c1)OCCCO2. The molecular weight excluding hydrogens is 336 g/mol. The van der Waals surface area contributed by atoms with Crippen molar-refractivity contribution < 1.29 is 27.4 Å². The van der Waals surface area contributed by atoms with Gasteiger partial charge in [-0.15, -0.1) is 0 Å². The molecular formula is C15H18N2O6S. The van der Waals surface area contributed by atoms with Gasteiger partial charge >= 0.3 is 5.97 Å². The van der Waals surface area contributed by atoms with E-state index >= 15 is 0 Å². The van der Waals surface area contributed by atoms with Crippen LogP contribution in [0.2, 0.25) is 0 Å². The standard InChI is InChI=1S/C15H18N2O6S/c1-11(10-16)23-15(18)5-6-17-24(19,20)12-3-4-13-14(9-12)22-8-2-7-21-13/h3-4,9,11,17H,2,5-8H2,1H3/t11-/m1/s1. The summed E-state index contributed by atoms with van der Waals surface area (Å²) < 4.78 is 42.5. The molecule has 0 spiro atoms. The second-order valence-electron chi connectivity index (χ2n) is 5.07. The highest BCUT2D eigenvalue weighted by Crippen LogP contribution is 2.31. The van der Waals surface area contributed by atoms with Crippen molar-refractivity contribution >= 4 is 16.0 Å². The van der Waals surface area contributed by atoms with Crippen molar-refractivity contribution in [2.24, 2.45) is 0 Å². The first kappa shape index (κ1) is 18.0. The second kappa shape index (κ2) is 7.99. The fraction of sp³-hybridized carbons (Fsp3) is 0.467. The minimum atomic E-state index is -3.79. The predicted octanol–water partition coefficient (Wildman–Crippen LogP) is 0.972. The zero-order chi connectivity index (χ0) is 17.6. The van der Waals surface area contributed by atoms with Gasteiger partial charge in [0.2, 0.25) is 10.0 Å². The second-order valence-corrected chi connectivity index (χ2v) is 6.83. The van der Waals surface area contributed by atoms with Crippen molar-refractivity contribution in [3.63, 3.8) is 0 Å². The van der Waals surface area contributed by atoms with Gasteiger partial charge in [0, 0.05) is 19.0 Å². The Bertz CT molecular complexity index is 741. The Morgan fingerprint density at radius 2 is 2.08 bits per heavy atom. The van der Waals surface area contributed by atoms with Crippen LogP contribution in [-0.4, -0.2) is 40.2 Å². The van der Waals surface area contributed by atoms with Gasteiger partial charge in [0.1, 0.15) is 6.07 Å². The molecule has 1 atom stereocenters. The zero-order valence-corrected chi connectivity index (χ0v) is 14.0. The van der Waals surface area contributed by atoms with E-state index in [1.54, 1.807) is 6.07 Å². The summed E-state index contributed by atoms with van der Waals surface area (Å²) in [5, 5.41) is 8.54. The van der Waals surface area contributed by atoms with E-state index in [4.69, 9.17) is 19.5 Å². The maximum Gasteiger partial charge on any atom is 0.308 e. The van der Waals surface area contributed by atoms with Crippen LogP contribution in [0.3, 0.4) is 0 Å². The van der Waals surface area contributed by atoms with Crippen LogP contribution in [-0.2, 0) is 19.6 Å². The number of rotatable bonds is 6. The van der Waals surface area contributed by atoms with Crippen LogP contribution < -0.4 is 14.2 Å². The van der Waals surface area contributed by atoms with Crippen molar-refractivity contribution in [2.45, 2.75) is 30.8 Å². The molecule has 24 heavy (non-hydrogen) atoms. The first-order valence-electron chi connectivity index (χ1n) is 7.41. The number of sulfonamides is 1. The minimum Gasteiger partial charge on any atom is -0.490 e. The summed E-state index contributed by atoms with van der Waals surface area (Å²) >= 11 is 0. The lowest BCUT2D eigenvalue weighted by Crippen LogP contribution is -2.27. The normalized spacial score (nSPS) is 15.0. The van der Waals surface area contributed by atoms with Crippen molar-refractivity contribution in [3.05, 3.63) is 18.2 Å². The fourth-order valence-corrected chi connectivity index (χ4v) is 3.01. The summed E-state index contributed by atoms with van der Waals surface area (Å²) in [6, 6.07) is 6.09. The van der Waals surface area contributed by atoms with Crippen LogP contribution in [0.5, 0.6) is 11.5 Å². The molecule has 0 aromatic heterocycles. The molecule has 0 saturated carbocycles. The van der Waals surface area contributed by atoms with Gasteiger partial charge in [-0.1, -0.05) is 0 Å². The monoisotopic (exact) mass is 354 g/mol. The van der Waals surface area contributed by atoms with Crippen LogP contribution in [0.1, 0.15) is 19.8 Å². The lowest BCUT2D eigenvalue weighted by atomic mass is 10.3. The van der Waals surface area contributed by atoms with Crippen LogP contribution >= 0.6 is 0 Å². The van der Waals surface area contributed by atoms with Crippen LogP contribution in [0.15, 0.2) is 23.1 Å². The molecule has 1 aliphatic heterocycles. The van der Waals surface area contributed by atoms with Gasteiger partial charge in [-0.2, -0.15) is 5.26 Å². The Morgan fingerprint density at radius 1 is 1.38 bits per heavy atom. The molecule has 0 fully saturated rings. The Kier molecular flexibility index (Phi) is 6.00. The van der Waals surface area contributed by atoms with Crippen LogP contribution in [0.25, 0.3) is 0 Å². The third-order valence-electron chi connectivity index (χ3n) is 3.14. The quantitative estimate of drug-likeness (QED) is 0.757. The molecule has 8 nitrogen and oxygen atoms in total. The molecule has 1 aliphatic rings. The molecule has 0 aliphatic carbocycles. The van der Waals surface area contributed by atoms with E-state index in [9.17, 15) is 13.2 Å². The van der Waals surface area contributed by atoms with E-state index in [1.165, 1.54) is 25.1 Å². The highest BCUT2D eigenvalue weighted by Gasteiger charge is 2.19. The number of fused-ring (bicyclic) bond motifs is 1. The molecule has 130 valence electrons. The van der Waals surface area contributed by atoms with E-state index in [0.29, 0.717) is 24.7 Å². The Labute approximate surface area is 140 Å². The molecule has 1 aromatic rings. The first-order valence-corrected chi connectivity index (χ1v) is 8.89. The van der Waals surface area contributed by atoms with Crippen LogP contribution in [0, 0.1) is 11.3 Å². The summed E-state index contributed by atoms with van der Waals surface area (Å²) in [7, 11) is -3.79. The van der Waals surface area contributed by atoms with E-state index in [2.05, 4.69) is 4.72 Å². The number of nitrogens with one attached hydrogen (secondary N) is 1. The number of nitriles is 1. The summed E-state index contributed by atoms with van der Waals surface area (Å²) in [6.07, 6.45) is -0.315. The molecule has 0 bridgehead atoms. The van der Waals surface area contributed by atoms with Crippen molar-refractivity contribution in [1.82, 2.24) is 4.72 Å². The van der Waals surface area contributed by atoms with E-state index in [0.717, 1.165) is 6.42 Å². The fourth-order valence-electron chi connectivity index (χ4n) is 1.96. The summed E-state index contributed by atoms with van der Waals surface area (Å²) in [6.45, 7) is 2.26. The topological polar surface area (TPSA) is 115 Å². The molecule has 1 heterocycles. The Balaban J connectivity index is 1.97. The lowest BCUT2D eigenvalue weighted by Gasteiger charge is -2.11. The van der Waals surface area contributed by atoms with Gasteiger partial charge in [-0.3, -0.25) is 4.79 Å². The van der Waals surface area contributed by atoms with Gasteiger partial charge < -0.3 is 14.2 Å². The number of ether oxygens (including phenoxy) is 3. The predicted molar refractivity (Wildman–Crippen MR) is 83.0 cm³/mol. The number of hydrogen-bond acceptors (Lipinski definition) is 7. The summed E-state index contributed by atoms with van der Waals surface area (Å²) in [4.78, 5) is 11.4. The first-order chi connectivity index (χ1) is 11.4. The number of carbonyl (C=O) groups is 1. The number of esters is 1. The maximum absolute atomic E-state index is 12.3. The molecule has 9 heteroatoms. The lowest BCUT2D eigenvalue weighted by molar-refractivity contribution is -0.145. The van der Waals surface area contributed by atoms with Gasteiger partial charge in [-0.25, -0.2) is 13.1 Å². The minimum absolute atomic E-state index is 0.0190. The van der Waals surface area contributed by atoms with Crippen LogP contribution in [0.4, 0.5) is 0 Å². The van der Waals surface area contributed by atoms with E-state index in [1.807, 2.05) is 0 Å². The number of hydrogen-bond donors (Lipinski definition) is 1. The van der Waals surface area contributed by atoms with Gasteiger partial charge in [0.25, 0.3) is 0 Å².